The zero-order valence-corrected chi connectivity index (χ0v) is 16.1. The van der Waals surface area contributed by atoms with Gasteiger partial charge < -0.3 is 5.11 Å². The van der Waals surface area contributed by atoms with Crippen molar-refractivity contribution in [3.8, 4) is 11.4 Å². The summed E-state index contributed by atoms with van der Waals surface area (Å²) in [5.74, 6) is -0.0307. The summed E-state index contributed by atoms with van der Waals surface area (Å²) in [6.07, 6.45) is 2.42. The first-order valence-corrected chi connectivity index (χ1v) is 9.50. The monoisotopic (exact) mass is 383 g/mol. The Balaban J connectivity index is 1.82. The third kappa shape index (κ3) is 3.67. The Hall–Kier alpha value is -3.73. The highest BCUT2D eigenvalue weighted by atomic mass is 16.3. The van der Waals surface area contributed by atoms with Crippen molar-refractivity contribution in [1.29, 1.82) is 0 Å². The summed E-state index contributed by atoms with van der Waals surface area (Å²) in [4.78, 5) is 22.2. The van der Waals surface area contributed by atoms with Crippen molar-refractivity contribution >= 4 is 16.6 Å². The van der Waals surface area contributed by atoms with Crippen LogP contribution >= 0.6 is 0 Å². The van der Waals surface area contributed by atoms with Crippen LogP contribution < -0.4 is 5.56 Å². The molecule has 5 nitrogen and oxygen atoms in total. The molecule has 0 unspecified atom stereocenters. The van der Waals surface area contributed by atoms with Crippen molar-refractivity contribution in [3.63, 3.8) is 0 Å². The molecule has 0 amide bonds. The van der Waals surface area contributed by atoms with Crippen molar-refractivity contribution in [2.45, 2.75) is 13.3 Å². The van der Waals surface area contributed by atoms with Gasteiger partial charge in [-0.3, -0.25) is 19.3 Å². The van der Waals surface area contributed by atoms with Gasteiger partial charge in [0.1, 0.15) is 11.3 Å². The Bertz CT molecular complexity index is 1230. The van der Waals surface area contributed by atoms with Crippen LogP contribution in [-0.2, 0) is 6.42 Å². The van der Waals surface area contributed by atoms with Crippen molar-refractivity contribution in [2.75, 3.05) is 6.54 Å². The third-order valence-electron chi connectivity index (χ3n) is 4.87. The fourth-order valence-corrected chi connectivity index (χ4v) is 3.45. The molecular weight excluding hydrogens is 362 g/mol. The zero-order valence-electron chi connectivity index (χ0n) is 16.1. The van der Waals surface area contributed by atoms with E-state index in [1.807, 2.05) is 72.8 Å². The van der Waals surface area contributed by atoms with Crippen LogP contribution in [0, 0.1) is 0 Å². The maximum Gasteiger partial charge on any atom is 0.268 e. The van der Waals surface area contributed by atoms with Crippen LogP contribution in [0.15, 0.2) is 88.8 Å². The van der Waals surface area contributed by atoms with E-state index >= 15 is 0 Å². The lowest BCUT2D eigenvalue weighted by Gasteiger charge is -2.15. The van der Waals surface area contributed by atoms with E-state index in [-0.39, 0.29) is 16.9 Å². The van der Waals surface area contributed by atoms with Gasteiger partial charge in [0.25, 0.3) is 5.56 Å². The predicted molar refractivity (Wildman–Crippen MR) is 116 cm³/mol. The number of fused-ring (bicyclic) bond motifs is 1. The lowest BCUT2D eigenvalue weighted by molar-refractivity contribution is 0.478. The molecule has 4 aromatic rings. The maximum absolute atomic E-state index is 13.4. The van der Waals surface area contributed by atoms with E-state index in [1.165, 1.54) is 0 Å². The van der Waals surface area contributed by atoms with Gasteiger partial charge in [-0.15, -0.1) is 0 Å². The van der Waals surface area contributed by atoms with Gasteiger partial charge in [-0.05, 0) is 43.3 Å². The van der Waals surface area contributed by atoms with Crippen molar-refractivity contribution in [1.82, 2.24) is 9.55 Å². The average Bonchev–Trinajstić information content (AvgIpc) is 2.75. The second kappa shape index (κ2) is 8.10. The van der Waals surface area contributed by atoms with Crippen molar-refractivity contribution in [2.24, 2.45) is 4.99 Å². The topological polar surface area (TPSA) is 67.5 Å². The second-order valence-electron chi connectivity index (χ2n) is 6.76. The molecule has 0 bridgehead atoms. The lowest BCUT2D eigenvalue weighted by Crippen LogP contribution is -2.25. The van der Waals surface area contributed by atoms with Crippen LogP contribution in [0.4, 0.5) is 0 Å². The fraction of sp³-hybridized carbons (Fsp3) is 0.125. The van der Waals surface area contributed by atoms with Gasteiger partial charge in [-0.25, -0.2) is 0 Å². The lowest BCUT2D eigenvalue weighted by atomic mass is 10.1. The first-order valence-electron chi connectivity index (χ1n) is 9.50. The molecule has 2 aromatic carbocycles. The molecule has 29 heavy (non-hydrogen) atoms. The Morgan fingerprint density at radius 3 is 2.48 bits per heavy atom. The standard InChI is InChI=1S/C24H21N3O2/c1-17(25-16-14-18-9-7-8-15-26-18)22-23(28)20-12-5-6-13-21(20)27(24(22)29)19-10-3-2-4-11-19/h2-13,15,28H,14,16H2,1H3. The SMILES string of the molecule is CC(=NCCc1ccccn1)c1c(O)c2ccccc2n(-c2ccccc2)c1=O. The van der Waals surface area contributed by atoms with Gasteiger partial charge in [0.2, 0.25) is 0 Å². The number of nitrogens with zero attached hydrogens (tertiary/aromatic N) is 3. The molecule has 2 aromatic heterocycles. The highest BCUT2D eigenvalue weighted by molar-refractivity contribution is 6.05. The number of hydrogen-bond acceptors (Lipinski definition) is 4. The summed E-state index contributed by atoms with van der Waals surface area (Å²) in [6, 6.07) is 22.5. The molecule has 4 rings (SSSR count). The van der Waals surface area contributed by atoms with Crippen LogP contribution in [0.25, 0.3) is 16.6 Å². The summed E-state index contributed by atoms with van der Waals surface area (Å²) >= 11 is 0. The smallest absolute Gasteiger partial charge is 0.268 e. The molecule has 0 fully saturated rings. The molecule has 2 heterocycles. The van der Waals surface area contributed by atoms with Crippen LogP contribution in [0.1, 0.15) is 18.2 Å². The molecule has 0 aliphatic carbocycles. The highest BCUT2D eigenvalue weighted by Crippen LogP contribution is 2.28. The van der Waals surface area contributed by atoms with E-state index < -0.39 is 0 Å². The van der Waals surface area contributed by atoms with E-state index in [1.54, 1.807) is 17.7 Å². The first-order chi connectivity index (χ1) is 14.2. The van der Waals surface area contributed by atoms with E-state index in [2.05, 4.69) is 9.98 Å². The van der Waals surface area contributed by atoms with Crippen molar-refractivity contribution in [3.05, 3.63) is 101 Å². The Kier molecular flexibility index (Phi) is 5.20. The number of hydrogen-bond donors (Lipinski definition) is 1. The molecule has 1 N–H and O–H groups in total. The van der Waals surface area contributed by atoms with E-state index in [0.29, 0.717) is 29.6 Å². The summed E-state index contributed by atoms with van der Waals surface area (Å²) in [6.45, 7) is 2.25. The first kappa shape index (κ1) is 18.6. The maximum atomic E-state index is 13.4. The minimum Gasteiger partial charge on any atom is -0.506 e. The molecule has 0 radical (unpaired) electrons. The molecular formula is C24H21N3O2. The van der Waals surface area contributed by atoms with Gasteiger partial charge in [-0.2, -0.15) is 0 Å². The second-order valence-corrected chi connectivity index (χ2v) is 6.76. The molecule has 0 aliphatic rings. The Labute approximate surface area is 168 Å². The molecule has 5 heteroatoms. The number of pyridine rings is 2. The van der Waals surface area contributed by atoms with Gasteiger partial charge in [0.15, 0.2) is 0 Å². The van der Waals surface area contributed by atoms with Crippen LogP contribution in [-0.4, -0.2) is 26.9 Å². The molecule has 0 atom stereocenters. The zero-order chi connectivity index (χ0) is 20.2. The minimum atomic E-state index is -0.286. The van der Waals surface area contributed by atoms with Crippen LogP contribution in [0.2, 0.25) is 0 Å². The summed E-state index contributed by atoms with van der Waals surface area (Å²) < 4.78 is 1.63. The summed E-state index contributed by atoms with van der Waals surface area (Å²) in [5, 5.41) is 11.5. The average molecular weight is 383 g/mol. The van der Waals surface area contributed by atoms with Crippen LogP contribution in [0.5, 0.6) is 5.75 Å². The van der Waals surface area contributed by atoms with Crippen LogP contribution in [0.3, 0.4) is 0 Å². The largest absolute Gasteiger partial charge is 0.506 e. The third-order valence-corrected chi connectivity index (χ3v) is 4.87. The normalized spacial score (nSPS) is 11.7. The molecule has 144 valence electrons. The highest BCUT2D eigenvalue weighted by Gasteiger charge is 2.19. The van der Waals surface area contributed by atoms with Gasteiger partial charge in [0, 0.05) is 41.6 Å². The Morgan fingerprint density at radius 1 is 1.00 bits per heavy atom. The minimum absolute atomic E-state index is 0.0307. The number of aromatic hydroxyl groups is 1. The Morgan fingerprint density at radius 2 is 1.72 bits per heavy atom. The fourth-order valence-electron chi connectivity index (χ4n) is 3.45. The predicted octanol–water partition coefficient (Wildman–Crippen LogP) is 4.14. The molecule has 0 saturated heterocycles. The number of rotatable bonds is 5. The molecule has 0 saturated carbocycles. The van der Waals surface area contributed by atoms with E-state index in [0.717, 1.165) is 11.4 Å². The molecule has 0 spiro atoms. The number of aliphatic imine (C=N–C) groups is 1. The quantitative estimate of drug-likeness (QED) is 0.527. The number of para-hydroxylation sites is 2. The summed E-state index contributed by atoms with van der Waals surface area (Å²) in [7, 11) is 0. The van der Waals surface area contributed by atoms with Gasteiger partial charge >= 0.3 is 0 Å². The van der Waals surface area contributed by atoms with Gasteiger partial charge in [0.05, 0.1) is 5.52 Å². The van der Waals surface area contributed by atoms with Gasteiger partial charge in [-0.1, -0.05) is 36.4 Å². The molecule has 0 aliphatic heterocycles. The number of aromatic nitrogens is 2. The summed E-state index contributed by atoms with van der Waals surface area (Å²) in [5.41, 5.74) is 2.80. The van der Waals surface area contributed by atoms with E-state index in [4.69, 9.17) is 0 Å². The van der Waals surface area contributed by atoms with E-state index in [9.17, 15) is 9.90 Å². The van der Waals surface area contributed by atoms with Crippen molar-refractivity contribution < 1.29 is 5.11 Å². The number of benzene rings is 2.